The van der Waals surface area contributed by atoms with Crippen LogP contribution in [0.2, 0.25) is 0 Å². The molecule has 3 atom stereocenters. The summed E-state index contributed by atoms with van der Waals surface area (Å²) in [6.45, 7) is 0. The van der Waals surface area contributed by atoms with E-state index >= 15 is 0 Å². The first-order chi connectivity index (χ1) is 5.12. The van der Waals surface area contributed by atoms with Crippen LogP contribution in [0.4, 0.5) is 0 Å². The van der Waals surface area contributed by atoms with Crippen molar-refractivity contribution in [3.05, 3.63) is 0 Å². The van der Waals surface area contributed by atoms with Crippen LogP contribution in [0.3, 0.4) is 0 Å². The predicted octanol–water partition coefficient (Wildman–Crippen LogP) is 0.473. The predicted molar refractivity (Wildman–Crippen MR) is 42.3 cm³/mol. The summed E-state index contributed by atoms with van der Waals surface area (Å²) in [7, 11) is 0. The van der Waals surface area contributed by atoms with Gasteiger partial charge >= 0.3 is 0 Å². The summed E-state index contributed by atoms with van der Waals surface area (Å²) in [5.41, 5.74) is 4.79. The summed E-state index contributed by atoms with van der Waals surface area (Å²) >= 11 is 0. The molecule has 0 heterocycles. The van der Waals surface area contributed by atoms with Gasteiger partial charge in [-0.1, -0.05) is 0 Å². The average Bonchev–Trinajstić information content (AvgIpc) is 2.41. The summed E-state index contributed by atoms with van der Waals surface area (Å²) in [5, 5.41) is 17.2. The molecule has 2 saturated carbocycles. The average molecular weight is 154 g/mol. The lowest BCUT2D eigenvalue weighted by atomic mass is 9.84. The molecule has 3 heteroatoms. The largest absolute Gasteiger partial charge is 0.389 e. The van der Waals surface area contributed by atoms with Crippen LogP contribution in [-0.4, -0.2) is 16.5 Å². The lowest BCUT2D eigenvalue weighted by Gasteiger charge is -2.28. The fourth-order valence-corrected chi connectivity index (χ4v) is 2.64. The normalized spacial score (nSPS) is 48.1. The zero-order valence-corrected chi connectivity index (χ0v) is 6.51. The molecule has 3 nitrogen and oxygen atoms in total. The van der Waals surface area contributed by atoms with E-state index in [1.165, 1.54) is 0 Å². The van der Waals surface area contributed by atoms with Crippen molar-refractivity contribution in [3.63, 3.8) is 0 Å². The van der Waals surface area contributed by atoms with Crippen molar-refractivity contribution in [2.24, 2.45) is 17.6 Å². The molecule has 2 aliphatic rings. The SMILES string of the molecule is N=C(N)C1CC2CCC1(O)C2. The Morgan fingerprint density at radius 1 is 1.64 bits per heavy atom. The third-order valence-corrected chi connectivity index (χ3v) is 3.22. The molecule has 11 heavy (non-hydrogen) atoms. The maximum absolute atomic E-state index is 9.95. The van der Waals surface area contributed by atoms with E-state index in [1.807, 2.05) is 0 Å². The molecule has 0 saturated heterocycles. The lowest BCUT2D eigenvalue weighted by Crippen LogP contribution is -2.40. The Labute approximate surface area is 66.1 Å². The number of nitrogens with two attached hydrogens (primary N) is 1. The Bertz CT molecular complexity index is 204. The van der Waals surface area contributed by atoms with Crippen molar-refractivity contribution in [2.45, 2.75) is 31.3 Å². The zero-order chi connectivity index (χ0) is 8.06. The molecule has 0 aromatic rings. The van der Waals surface area contributed by atoms with Gasteiger partial charge in [-0.2, -0.15) is 0 Å². The van der Waals surface area contributed by atoms with Crippen molar-refractivity contribution in [2.75, 3.05) is 0 Å². The first-order valence-electron chi connectivity index (χ1n) is 4.18. The fourth-order valence-electron chi connectivity index (χ4n) is 2.64. The summed E-state index contributed by atoms with van der Waals surface area (Å²) in [6.07, 6.45) is 3.78. The van der Waals surface area contributed by atoms with E-state index in [0.29, 0.717) is 5.92 Å². The highest BCUT2D eigenvalue weighted by atomic mass is 16.3. The lowest BCUT2D eigenvalue weighted by molar-refractivity contribution is 0.0271. The Kier molecular flexibility index (Phi) is 1.27. The third kappa shape index (κ3) is 0.872. The number of amidine groups is 1. The molecule has 0 spiro atoms. The Hall–Kier alpha value is -0.570. The third-order valence-electron chi connectivity index (χ3n) is 3.22. The van der Waals surface area contributed by atoms with Gasteiger partial charge in [0.05, 0.1) is 11.4 Å². The number of nitrogens with one attached hydrogen (secondary N) is 1. The van der Waals surface area contributed by atoms with Gasteiger partial charge in [0.1, 0.15) is 0 Å². The summed E-state index contributed by atoms with van der Waals surface area (Å²) < 4.78 is 0. The van der Waals surface area contributed by atoms with Crippen LogP contribution in [0.1, 0.15) is 25.7 Å². The second kappa shape index (κ2) is 1.97. The number of aliphatic hydroxyl groups is 1. The highest BCUT2D eigenvalue weighted by Gasteiger charge is 2.51. The quantitative estimate of drug-likeness (QED) is 0.379. The number of fused-ring (bicyclic) bond motifs is 2. The van der Waals surface area contributed by atoms with Gasteiger partial charge in [-0.25, -0.2) is 0 Å². The van der Waals surface area contributed by atoms with Crippen LogP contribution in [0, 0.1) is 17.2 Å². The molecular weight excluding hydrogens is 140 g/mol. The molecule has 0 amide bonds. The minimum Gasteiger partial charge on any atom is -0.389 e. The highest BCUT2D eigenvalue weighted by Crippen LogP contribution is 2.51. The first-order valence-corrected chi connectivity index (χ1v) is 4.18. The van der Waals surface area contributed by atoms with Crippen molar-refractivity contribution in [1.29, 1.82) is 5.41 Å². The van der Waals surface area contributed by atoms with Crippen molar-refractivity contribution in [3.8, 4) is 0 Å². The number of hydrogen-bond donors (Lipinski definition) is 3. The van der Waals surface area contributed by atoms with Gasteiger partial charge in [-0.05, 0) is 31.6 Å². The smallest absolute Gasteiger partial charge is 0.0966 e. The van der Waals surface area contributed by atoms with E-state index in [2.05, 4.69) is 0 Å². The number of hydrogen-bond acceptors (Lipinski definition) is 2. The standard InChI is InChI=1S/C8H14N2O/c9-7(10)6-3-5-1-2-8(6,11)4-5/h5-6,11H,1-4H2,(H3,9,10). The molecule has 2 fully saturated rings. The molecule has 62 valence electrons. The molecule has 2 bridgehead atoms. The maximum atomic E-state index is 9.95. The molecule has 0 radical (unpaired) electrons. The molecule has 3 unspecified atom stereocenters. The Morgan fingerprint density at radius 3 is 2.64 bits per heavy atom. The van der Waals surface area contributed by atoms with Gasteiger partial charge in [0.25, 0.3) is 0 Å². The minimum atomic E-state index is -0.601. The molecule has 2 aliphatic carbocycles. The van der Waals surface area contributed by atoms with Crippen LogP contribution in [-0.2, 0) is 0 Å². The number of rotatable bonds is 1. The van der Waals surface area contributed by atoms with Crippen LogP contribution < -0.4 is 5.73 Å². The van der Waals surface area contributed by atoms with Crippen molar-refractivity contribution < 1.29 is 5.11 Å². The monoisotopic (exact) mass is 154 g/mol. The van der Waals surface area contributed by atoms with Crippen LogP contribution >= 0.6 is 0 Å². The van der Waals surface area contributed by atoms with Gasteiger partial charge in [-0.3, -0.25) is 5.41 Å². The molecule has 0 aromatic heterocycles. The summed E-state index contributed by atoms with van der Waals surface area (Å²) in [5.74, 6) is 0.768. The summed E-state index contributed by atoms with van der Waals surface area (Å²) in [6, 6.07) is 0. The molecule has 0 aromatic carbocycles. The second-order valence-electron chi connectivity index (χ2n) is 3.96. The minimum absolute atomic E-state index is 0.0405. The summed E-state index contributed by atoms with van der Waals surface area (Å²) in [4.78, 5) is 0. The second-order valence-corrected chi connectivity index (χ2v) is 3.96. The van der Waals surface area contributed by atoms with Gasteiger partial charge in [-0.15, -0.1) is 0 Å². The van der Waals surface area contributed by atoms with E-state index < -0.39 is 5.60 Å². The first kappa shape index (κ1) is 7.10. The van der Waals surface area contributed by atoms with E-state index in [9.17, 15) is 5.11 Å². The maximum Gasteiger partial charge on any atom is 0.0966 e. The van der Waals surface area contributed by atoms with Crippen LogP contribution in [0.15, 0.2) is 0 Å². The topological polar surface area (TPSA) is 70.1 Å². The van der Waals surface area contributed by atoms with Gasteiger partial charge in [0.15, 0.2) is 0 Å². The van der Waals surface area contributed by atoms with Gasteiger partial charge in [0.2, 0.25) is 0 Å². The van der Waals surface area contributed by atoms with E-state index in [-0.39, 0.29) is 11.8 Å². The molecule has 0 aliphatic heterocycles. The van der Waals surface area contributed by atoms with Crippen LogP contribution in [0.5, 0.6) is 0 Å². The van der Waals surface area contributed by atoms with Gasteiger partial charge in [0, 0.05) is 5.92 Å². The van der Waals surface area contributed by atoms with E-state index in [0.717, 1.165) is 25.7 Å². The van der Waals surface area contributed by atoms with Crippen LogP contribution in [0.25, 0.3) is 0 Å². The highest BCUT2D eigenvalue weighted by molar-refractivity contribution is 5.81. The molecular formula is C8H14N2O. The Balaban J connectivity index is 2.21. The van der Waals surface area contributed by atoms with E-state index in [4.69, 9.17) is 11.1 Å². The molecule has 2 rings (SSSR count). The Morgan fingerprint density at radius 2 is 2.36 bits per heavy atom. The fraction of sp³-hybridized carbons (Fsp3) is 0.875. The van der Waals surface area contributed by atoms with Gasteiger partial charge < -0.3 is 10.8 Å². The molecule has 4 N–H and O–H groups in total. The zero-order valence-electron chi connectivity index (χ0n) is 6.51. The van der Waals surface area contributed by atoms with Crippen molar-refractivity contribution >= 4 is 5.84 Å². The van der Waals surface area contributed by atoms with E-state index in [1.54, 1.807) is 0 Å². The van der Waals surface area contributed by atoms with Crippen molar-refractivity contribution in [1.82, 2.24) is 0 Å².